The van der Waals surface area contributed by atoms with Gasteiger partial charge in [0, 0.05) is 6.04 Å². The summed E-state index contributed by atoms with van der Waals surface area (Å²) in [5, 5.41) is 20.8. The summed E-state index contributed by atoms with van der Waals surface area (Å²) in [6.07, 6.45) is 5.68. The van der Waals surface area contributed by atoms with E-state index in [0.29, 0.717) is 12.0 Å². The van der Waals surface area contributed by atoms with Gasteiger partial charge in [-0.15, -0.1) is 0 Å². The lowest BCUT2D eigenvalue weighted by atomic mass is 9.85. The van der Waals surface area contributed by atoms with Crippen LogP contribution < -0.4 is 5.32 Å². The Balaban J connectivity index is 1.97. The normalized spacial score (nSPS) is 30.0. The third-order valence-electron chi connectivity index (χ3n) is 4.00. The molecule has 3 atom stereocenters. The monoisotopic (exact) mass is 246 g/mol. The van der Waals surface area contributed by atoms with E-state index in [4.69, 9.17) is 10.5 Å². The Hall–Kier alpha value is -1.59. The molecule has 1 saturated carbocycles. The SMILES string of the molecule is N#CCN(CC#N)C(=O)C1CC2CCCCC2N1. The Labute approximate surface area is 107 Å². The van der Waals surface area contributed by atoms with E-state index < -0.39 is 0 Å². The molecule has 3 unspecified atom stereocenters. The molecule has 1 heterocycles. The van der Waals surface area contributed by atoms with E-state index in [0.717, 1.165) is 12.8 Å². The van der Waals surface area contributed by atoms with Gasteiger partial charge in [-0.05, 0) is 25.2 Å². The number of rotatable bonds is 3. The molecular weight excluding hydrogens is 228 g/mol. The molecule has 96 valence electrons. The molecule has 5 heteroatoms. The predicted molar refractivity (Wildman–Crippen MR) is 65.1 cm³/mol. The third-order valence-corrected chi connectivity index (χ3v) is 4.00. The maximum atomic E-state index is 12.2. The van der Waals surface area contributed by atoms with Crippen LogP contribution in [0.2, 0.25) is 0 Å². The zero-order valence-electron chi connectivity index (χ0n) is 10.4. The average molecular weight is 246 g/mol. The maximum Gasteiger partial charge on any atom is 0.241 e. The summed E-state index contributed by atoms with van der Waals surface area (Å²) in [6.45, 7) is -0.000185. The van der Waals surface area contributed by atoms with Gasteiger partial charge < -0.3 is 10.2 Å². The number of fused-ring (bicyclic) bond motifs is 1. The van der Waals surface area contributed by atoms with E-state index in [9.17, 15) is 4.79 Å². The van der Waals surface area contributed by atoms with Crippen LogP contribution in [0.1, 0.15) is 32.1 Å². The van der Waals surface area contributed by atoms with Crippen molar-refractivity contribution in [2.75, 3.05) is 13.1 Å². The molecular formula is C13H18N4O. The van der Waals surface area contributed by atoms with Gasteiger partial charge in [-0.25, -0.2) is 0 Å². The molecule has 18 heavy (non-hydrogen) atoms. The van der Waals surface area contributed by atoms with Crippen LogP contribution >= 0.6 is 0 Å². The highest BCUT2D eigenvalue weighted by molar-refractivity contribution is 5.82. The molecule has 0 bridgehead atoms. The number of hydrogen-bond acceptors (Lipinski definition) is 4. The number of nitriles is 2. The van der Waals surface area contributed by atoms with Crippen molar-refractivity contribution in [3.05, 3.63) is 0 Å². The summed E-state index contributed by atoms with van der Waals surface area (Å²) >= 11 is 0. The number of amides is 1. The van der Waals surface area contributed by atoms with Crippen LogP contribution in [0.4, 0.5) is 0 Å². The van der Waals surface area contributed by atoms with Gasteiger partial charge in [-0.3, -0.25) is 4.79 Å². The van der Waals surface area contributed by atoms with Gasteiger partial charge in [0.2, 0.25) is 5.91 Å². The van der Waals surface area contributed by atoms with Crippen LogP contribution in [0.5, 0.6) is 0 Å². The van der Waals surface area contributed by atoms with E-state index in [-0.39, 0.29) is 25.0 Å². The molecule has 0 spiro atoms. The summed E-state index contributed by atoms with van der Waals surface area (Å²) in [6, 6.07) is 4.15. The Morgan fingerprint density at radius 1 is 1.22 bits per heavy atom. The zero-order valence-corrected chi connectivity index (χ0v) is 10.4. The van der Waals surface area contributed by atoms with Crippen molar-refractivity contribution in [2.24, 2.45) is 5.92 Å². The highest BCUT2D eigenvalue weighted by atomic mass is 16.2. The van der Waals surface area contributed by atoms with Crippen molar-refractivity contribution in [1.29, 1.82) is 10.5 Å². The van der Waals surface area contributed by atoms with Gasteiger partial charge in [0.1, 0.15) is 13.1 Å². The molecule has 1 amide bonds. The van der Waals surface area contributed by atoms with Gasteiger partial charge in [-0.1, -0.05) is 12.8 Å². The molecule has 0 aromatic heterocycles. The summed E-state index contributed by atoms with van der Waals surface area (Å²) < 4.78 is 0. The lowest BCUT2D eigenvalue weighted by Crippen LogP contribution is -2.45. The quantitative estimate of drug-likeness (QED) is 0.746. The van der Waals surface area contributed by atoms with E-state index >= 15 is 0 Å². The second-order valence-corrected chi connectivity index (χ2v) is 5.12. The van der Waals surface area contributed by atoms with Crippen molar-refractivity contribution in [3.63, 3.8) is 0 Å². The smallest absolute Gasteiger partial charge is 0.241 e. The first-order valence-electron chi connectivity index (χ1n) is 6.55. The van der Waals surface area contributed by atoms with E-state index in [2.05, 4.69) is 5.32 Å². The number of carbonyl (C=O) groups is 1. The molecule has 2 fully saturated rings. The molecule has 1 aliphatic heterocycles. The van der Waals surface area contributed by atoms with Crippen LogP contribution in [0.3, 0.4) is 0 Å². The minimum absolute atomic E-state index is 0.0000926. The van der Waals surface area contributed by atoms with Crippen molar-refractivity contribution in [3.8, 4) is 12.1 Å². The lowest BCUT2D eigenvalue weighted by Gasteiger charge is -2.24. The number of hydrogen-bond donors (Lipinski definition) is 1. The Kier molecular flexibility index (Phi) is 4.17. The first-order valence-corrected chi connectivity index (χ1v) is 6.55. The van der Waals surface area contributed by atoms with Crippen LogP contribution in [0.15, 0.2) is 0 Å². The summed E-state index contributed by atoms with van der Waals surface area (Å²) in [5.74, 6) is 0.506. The lowest BCUT2D eigenvalue weighted by molar-refractivity contribution is -0.132. The second-order valence-electron chi connectivity index (χ2n) is 5.12. The standard InChI is InChI=1S/C13H18N4O/c14-5-7-17(8-6-15)13(18)12-9-10-3-1-2-4-11(10)16-12/h10-12,16H,1-4,7-9H2. The summed E-state index contributed by atoms with van der Waals surface area (Å²) in [5.41, 5.74) is 0. The molecule has 0 aromatic carbocycles. The summed E-state index contributed by atoms with van der Waals surface area (Å²) in [7, 11) is 0. The Bertz CT molecular complexity index is 365. The van der Waals surface area contributed by atoms with Gasteiger partial charge in [0.15, 0.2) is 0 Å². The van der Waals surface area contributed by atoms with Crippen LogP contribution in [-0.4, -0.2) is 36.0 Å². The molecule has 5 nitrogen and oxygen atoms in total. The molecule has 2 aliphatic rings. The highest BCUT2D eigenvalue weighted by Crippen LogP contribution is 2.33. The Morgan fingerprint density at radius 3 is 2.50 bits per heavy atom. The van der Waals surface area contributed by atoms with Crippen molar-refractivity contribution in [1.82, 2.24) is 10.2 Å². The molecule has 1 N–H and O–H groups in total. The molecule has 0 aromatic rings. The third kappa shape index (κ3) is 2.63. The molecule has 2 rings (SSSR count). The van der Waals surface area contributed by atoms with Crippen molar-refractivity contribution >= 4 is 5.91 Å². The first kappa shape index (κ1) is 12.9. The fourth-order valence-electron chi connectivity index (χ4n) is 3.11. The molecule has 1 saturated heterocycles. The number of nitrogens with zero attached hydrogens (tertiary/aromatic N) is 3. The molecule has 0 radical (unpaired) electrons. The van der Waals surface area contributed by atoms with Crippen molar-refractivity contribution < 1.29 is 4.79 Å². The van der Waals surface area contributed by atoms with Crippen LogP contribution in [0.25, 0.3) is 0 Å². The topological polar surface area (TPSA) is 79.9 Å². The van der Waals surface area contributed by atoms with Gasteiger partial charge >= 0.3 is 0 Å². The predicted octanol–water partition coefficient (Wildman–Crippen LogP) is 0.783. The minimum Gasteiger partial charge on any atom is -0.315 e. The largest absolute Gasteiger partial charge is 0.315 e. The van der Waals surface area contributed by atoms with Gasteiger partial charge in [0.05, 0.1) is 18.2 Å². The maximum absolute atomic E-state index is 12.2. The van der Waals surface area contributed by atoms with Gasteiger partial charge in [-0.2, -0.15) is 10.5 Å². The second kappa shape index (κ2) is 5.84. The van der Waals surface area contributed by atoms with E-state index in [1.54, 1.807) is 0 Å². The molecule has 1 aliphatic carbocycles. The van der Waals surface area contributed by atoms with E-state index in [1.165, 1.54) is 24.2 Å². The van der Waals surface area contributed by atoms with E-state index in [1.807, 2.05) is 12.1 Å². The van der Waals surface area contributed by atoms with Gasteiger partial charge in [0.25, 0.3) is 0 Å². The zero-order chi connectivity index (χ0) is 13.0. The number of carbonyl (C=O) groups excluding carboxylic acids is 1. The Morgan fingerprint density at radius 2 is 1.89 bits per heavy atom. The van der Waals surface area contributed by atoms with Crippen LogP contribution in [0, 0.1) is 28.6 Å². The summed E-state index contributed by atoms with van der Waals surface area (Å²) in [4.78, 5) is 13.6. The minimum atomic E-state index is -0.195. The first-order chi connectivity index (χ1) is 8.76. The highest BCUT2D eigenvalue weighted by Gasteiger charge is 2.39. The average Bonchev–Trinajstić information content (AvgIpc) is 2.81. The fraction of sp³-hybridized carbons (Fsp3) is 0.769. The van der Waals surface area contributed by atoms with Crippen LogP contribution in [-0.2, 0) is 4.79 Å². The fourth-order valence-corrected chi connectivity index (χ4v) is 3.11. The van der Waals surface area contributed by atoms with Crippen molar-refractivity contribution in [2.45, 2.75) is 44.2 Å². The number of nitrogens with one attached hydrogen (secondary N) is 1.